The molecule has 0 aliphatic heterocycles. The van der Waals surface area contributed by atoms with Crippen LogP contribution in [-0.2, 0) is 4.74 Å². The Morgan fingerprint density at radius 3 is 2.52 bits per heavy atom. The van der Waals surface area contributed by atoms with E-state index < -0.39 is 11.6 Å². The largest absolute Gasteiger partial charge is 0.504 e. The standard InChI is InChI=1S/C18H22F2O/c1-21-11-12-2-3-14-7-15(5-4-13(14)6-12)16-8-17(19)10-18(20)9-16/h8-11,13-15H,2-7H2,1H3/b12-11+. The number of hydrogen-bond acceptors (Lipinski definition) is 1. The average molecular weight is 292 g/mol. The molecule has 0 amide bonds. The van der Waals surface area contributed by atoms with Gasteiger partial charge in [0.25, 0.3) is 0 Å². The van der Waals surface area contributed by atoms with Crippen LogP contribution in [0.5, 0.6) is 0 Å². The molecule has 1 aromatic rings. The van der Waals surface area contributed by atoms with E-state index in [1.807, 2.05) is 6.26 Å². The third-order valence-corrected chi connectivity index (χ3v) is 5.14. The number of benzene rings is 1. The minimum atomic E-state index is -0.457. The average Bonchev–Trinajstić information content (AvgIpc) is 2.46. The number of halogens is 2. The predicted octanol–water partition coefficient (Wildman–Crippen LogP) is 5.18. The summed E-state index contributed by atoms with van der Waals surface area (Å²) in [4.78, 5) is 0. The molecule has 0 aromatic heterocycles. The maximum absolute atomic E-state index is 13.4. The van der Waals surface area contributed by atoms with E-state index in [2.05, 4.69) is 0 Å². The van der Waals surface area contributed by atoms with Crippen LogP contribution in [0, 0.1) is 23.5 Å². The lowest BCUT2D eigenvalue weighted by atomic mass is 9.65. The Bertz CT molecular complexity index is 518. The van der Waals surface area contributed by atoms with Crippen molar-refractivity contribution < 1.29 is 13.5 Å². The topological polar surface area (TPSA) is 9.23 Å². The zero-order valence-electron chi connectivity index (χ0n) is 12.4. The Morgan fingerprint density at radius 2 is 1.81 bits per heavy atom. The molecule has 3 heteroatoms. The molecule has 21 heavy (non-hydrogen) atoms. The van der Waals surface area contributed by atoms with E-state index in [1.54, 1.807) is 7.11 Å². The number of methoxy groups -OCH3 is 1. The summed E-state index contributed by atoms with van der Waals surface area (Å²) in [5.41, 5.74) is 2.25. The Balaban J connectivity index is 1.70. The van der Waals surface area contributed by atoms with Crippen molar-refractivity contribution in [3.05, 3.63) is 47.2 Å². The molecule has 3 unspecified atom stereocenters. The highest BCUT2D eigenvalue weighted by Gasteiger charge is 2.34. The molecule has 0 heterocycles. The summed E-state index contributed by atoms with van der Waals surface area (Å²) in [7, 11) is 1.70. The zero-order valence-corrected chi connectivity index (χ0v) is 12.4. The molecular formula is C18H22F2O. The quantitative estimate of drug-likeness (QED) is 0.682. The summed E-state index contributed by atoms with van der Waals surface area (Å²) in [6, 6.07) is 3.97. The van der Waals surface area contributed by atoms with Crippen molar-refractivity contribution in [3.63, 3.8) is 0 Å². The van der Waals surface area contributed by atoms with E-state index in [0.717, 1.165) is 49.7 Å². The van der Waals surface area contributed by atoms with Gasteiger partial charge in [0.15, 0.2) is 0 Å². The van der Waals surface area contributed by atoms with E-state index in [-0.39, 0.29) is 0 Å². The first-order valence-electron chi connectivity index (χ1n) is 7.82. The van der Waals surface area contributed by atoms with Crippen molar-refractivity contribution in [1.82, 2.24) is 0 Å². The summed E-state index contributed by atoms with van der Waals surface area (Å²) in [6.45, 7) is 0. The molecule has 0 saturated heterocycles. The van der Waals surface area contributed by atoms with Crippen LogP contribution in [0.2, 0.25) is 0 Å². The van der Waals surface area contributed by atoms with Gasteiger partial charge < -0.3 is 4.74 Å². The molecule has 1 nitrogen and oxygen atoms in total. The molecular weight excluding hydrogens is 270 g/mol. The molecule has 2 aliphatic carbocycles. The van der Waals surface area contributed by atoms with Gasteiger partial charge in [-0.05, 0) is 79.5 Å². The van der Waals surface area contributed by atoms with Gasteiger partial charge in [-0.15, -0.1) is 0 Å². The lowest BCUT2D eigenvalue weighted by Crippen LogP contribution is -2.27. The molecule has 114 valence electrons. The second-order valence-corrected chi connectivity index (χ2v) is 6.49. The van der Waals surface area contributed by atoms with Gasteiger partial charge in [-0.3, -0.25) is 0 Å². The van der Waals surface area contributed by atoms with Gasteiger partial charge in [0, 0.05) is 6.07 Å². The number of fused-ring (bicyclic) bond motifs is 1. The van der Waals surface area contributed by atoms with Gasteiger partial charge in [-0.2, -0.15) is 0 Å². The molecule has 0 spiro atoms. The summed E-state index contributed by atoms with van der Waals surface area (Å²) >= 11 is 0. The van der Waals surface area contributed by atoms with Gasteiger partial charge in [0.05, 0.1) is 13.4 Å². The van der Waals surface area contributed by atoms with Gasteiger partial charge >= 0.3 is 0 Å². The van der Waals surface area contributed by atoms with Crippen LogP contribution in [-0.4, -0.2) is 7.11 Å². The van der Waals surface area contributed by atoms with Gasteiger partial charge in [-0.25, -0.2) is 8.78 Å². The maximum atomic E-state index is 13.4. The van der Waals surface area contributed by atoms with Crippen molar-refractivity contribution in [3.8, 4) is 0 Å². The highest BCUT2D eigenvalue weighted by molar-refractivity contribution is 5.23. The molecule has 0 N–H and O–H groups in total. The molecule has 3 atom stereocenters. The van der Waals surface area contributed by atoms with Crippen LogP contribution in [0.1, 0.15) is 50.0 Å². The Morgan fingerprint density at radius 1 is 1.05 bits per heavy atom. The molecule has 0 bridgehead atoms. The van der Waals surface area contributed by atoms with Crippen molar-refractivity contribution in [2.24, 2.45) is 11.8 Å². The highest BCUT2D eigenvalue weighted by Crippen LogP contribution is 2.47. The Kier molecular flexibility index (Phi) is 4.27. The summed E-state index contributed by atoms with van der Waals surface area (Å²) in [5, 5.41) is 0. The van der Waals surface area contributed by atoms with E-state index in [4.69, 9.17) is 4.74 Å². The lowest BCUT2D eigenvalue weighted by Gasteiger charge is -2.40. The minimum absolute atomic E-state index is 0.310. The van der Waals surface area contributed by atoms with Crippen LogP contribution in [0.15, 0.2) is 30.0 Å². The number of rotatable bonds is 2. The van der Waals surface area contributed by atoms with E-state index >= 15 is 0 Å². The summed E-state index contributed by atoms with van der Waals surface area (Å²) < 4.78 is 31.9. The van der Waals surface area contributed by atoms with Crippen LogP contribution in [0.25, 0.3) is 0 Å². The molecule has 2 saturated carbocycles. The van der Waals surface area contributed by atoms with Gasteiger partial charge in [-0.1, -0.05) is 0 Å². The van der Waals surface area contributed by atoms with Crippen molar-refractivity contribution in [2.45, 2.75) is 44.4 Å². The molecule has 0 radical (unpaired) electrons. The van der Waals surface area contributed by atoms with Crippen molar-refractivity contribution in [2.75, 3.05) is 7.11 Å². The number of allylic oxidation sites excluding steroid dienone is 1. The third-order valence-electron chi connectivity index (χ3n) is 5.14. The molecule has 2 fully saturated rings. The first-order chi connectivity index (χ1) is 10.2. The first-order valence-corrected chi connectivity index (χ1v) is 7.82. The SMILES string of the molecule is CO/C=C1\CCC2CC(c3cc(F)cc(F)c3)CCC2C1. The Hall–Kier alpha value is -1.38. The number of hydrogen-bond donors (Lipinski definition) is 0. The summed E-state index contributed by atoms with van der Waals surface area (Å²) in [5.74, 6) is 0.797. The molecule has 3 rings (SSSR count). The fraction of sp³-hybridized carbons (Fsp3) is 0.556. The molecule has 2 aliphatic rings. The van der Waals surface area contributed by atoms with Crippen LogP contribution < -0.4 is 0 Å². The minimum Gasteiger partial charge on any atom is -0.504 e. The number of ether oxygens (including phenoxy) is 1. The van der Waals surface area contributed by atoms with E-state index in [0.29, 0.717) is 11.8 Å². The smallest absolute Gasteiger partial charge is 0.126 e. The lowest BCUT2D eigenvalue weighted by molar-refractivity contribution is 0.176. The zero-order chi connectivity index (χ0) is 14.8. The predicted molar refractivity (Wildman–Crippen MR) is 78.9 cm³/mol. The third kappa shape index (κ3) is 3.28. The van der Waals surface area contributed by atoms with Gasteiger partial charge in [0.2, 0.25) is 0 Å². The Labute approximate surface area is 125 Å². The van der Waals surface area contributed by atoms with Crippen LogP contribution in [0.3, 0.4) is 0 Å². The van der Waals surface area contributed by atoms with E-state index in [9.17, 15) is 8.78 Å². The fourth-order valence-electron chi connectivity index (χ4n) is 4.15. The van der Waals surface area contributed by atoms with Crippen LogP contribution >= 0.6 is 0 Å². The normalized spacial score (nSPS) is 31.0. The monoisotopic (exact) mass is 292 g/mol. The second-order valence-electron chi connectivity index (χ2n) is 6.49. The summed E-state index contributed by atoms with van der Waals surface area (Å²) in [6.07, 6.45) is 8.53. The second kappa shape index (κ2) is 6.17. The van der Waals surface area contributed by atoms with Gasteiger partial charge in [0.1, 0.15) is 11.6 Å². The highest BCUT2D eigenvalue weighted by atomic mass is 19.1. The van der Waals surface area contributed by atoms with Crippen LogP contribution in [0.4, 0.5) is 8.78 Å². The van der Waals surface area contributed by atoms with Crippen molar-refractivity contribution in [1.29, 1.82) is 0 Å². The first kappa shape index (κ1) is 14.6. The maximum Gasteiger partial charge on any atom is 0.126 e. The van der Waals surface area contributed by atoms with E-state index in [1.165, 1.54) is 24.1 Å². The molecule has 1 aromatic carbocycles. The fourth-order valence-corrected chi connectivity index (χ4v) is 4.15. The van der Waals surface area contributed by atoms with Crippen molar-refractivity contribution >= 4 is 0 Å².